The molecule has 0 saturated carbocycles. The van der Waals surface area contributed by atoms with Gasteiger partial charge in [-0.15, -0.1) is 0 Å². The van der Waals surface area contributed by atoms with Gasteiger partial charge in [0.2, 0.25) is 0 Å². The summed E-state index contributed by atoms with van der Waals surface area (Å²) in [4.78, 5) is 39.1. The number of amides is 4. The number of anilines is 3. The molecule has 240 valence electrons. The third kappa shape index (κ3) is 7.74. The number of nitrogens with one attached hydrogen (secondary N) is 5. The van der Waals surface area contributed by atoms with Gasteiger partial charge in [-0.2, -0.15) is 0 Å². The van der Waals surface area contributed by atoms with Gasteiger partial charge in [0.1, 0.15) is 0 Å². The first-order valence-electron chi connectivity index (χ1n) is 15.6. The van der Waals surface area contributed by atoms with Gasteiger partial charge in [-0.05, 0) is 84.6 Å². The van der Waals surface area contributed by atoms with E-state index in [1.807, 2.05) is 91.9 Å². The van der Waals surface area contributed by atoms with E-state index >= 15 is 0 Å². The quantitative estimate of drug-likeness (QED) is 0.0979. The van der Waals surface area contributed by atoms with Crippen molar-refractivity contribution in [3.05, 3.63) is 160 Å². The zero-order valence-electron chi connectivity index (χ0n) is 26.2. The number of rotatable bonds is 10. The number of hydrogen-bond acceptors (Lipinski definition) is 4. The third-order valence-electron chi connectivity index (χ3n) is 8.02. The standard InChI is InChI=1S/C39H34ClN5O3/c1-25(27-8-4-2-5-9-27)42-37(46)29-14-21-34-33(24-29)35(38(47)45-34)36(28-10-6-3-7-11-28)41-23-22-26-12-17-31(18-13-26)43-39(48)44-32-19-15-30(40)16-20-32/h2-21,24-25,41H,22-23H2,1H3,(H,42,46)(H,45,47)(H2,43,44,48)/b36-35-/t25-/m1/s1. The summed E-state index contributed by atoms with van der Waals surface area (Å²) < 4.78 is 0. The lowest BCUT2D eigenvalue weighted by molar-refractivity contribution is -0.110. The molecular weight excluding hydrogens is 622 g/mol. The zero-order chi connectivity index (χ0) is 33.5. The van der Waals surface area contributed by atoms with Crippen LogP contribution in [0.3, 0.4) is 0 Å². The second-order valence-corrected chi connectivity index (χ2v) is 11.8. The topological polar surface area (TPSA) is 111 Å². The Labute approximate surface area is 284 Å². The van der Waals surface area contributed by atoms with E-state index < -0.39 is 0 Å². The second kappa shape index (κ2) is 14.7. The molecule has 8 nitrogen and oxygen atoms in total. The van der Waals surface area contributed by atoms with Crippen molar-refractivity contribution in [3.8, 4) is 0 Å². The monoisotopic (exact) mass is 655 g/mol. The summed E-state index contributed by atoms with van der Waals surface area (Å²) in [5.74, 6) is -0.457. The molecule has 1 aliphatic heterocycles. The van der Waals surface area contributed by atoms with E-state index in [2.05, 4.69) is 26.6 Å². The van der Waals surface area contributed by atoms with E-state index in [0.717, 1.165) is 16.7 Å². The molecule has 1 atom stereocenters. The summed E-state index contributed by atoms with van der Waals surface area (Å²) in [6.07, 6.45) is 0.662. The first kappa shape index (κ1) is 32.1. The molecule has 6 rings (SSSR count). The SMILES string of the molecule is C[C@@H](NC(=O)c1ccc2c(c1)/C(=C(/NCCc1ccc(NC(=O)Nc3ccc(Cl)cc3)cc1)c1ccccc1)C(=O)N2)c1ccccc1. The fraction of sp³-hybridized carbons (Fsp3) is 0.103. The van der Waals surface area contributed by atoms with Crippen LogP contribution in [0.25, 0.3) is 11.3 Å². The zero-order valence-corrected chi connectivity index (χ0v) is 27.0. The Kier molecular flexibility index (Phi) is 9.83. The van der Waals surface area contributed by atoms with Crippen LogP contribution in [-0.2, 0) is 11.2 Å². The van der Waals surface area contributed by atoms with Gasteiger partial charge in [0.05, 0.1) is 17.3 Å². The molecule has 0 spiro atoms. The highest BCUT2D eigenvalue weighted by molar-refractivity contribution is 6.37. The number of hydrogen-bond donors (Lipinski definition) is 5. The van der Waals surface area contributed by atoms with Crippen molar-refractivity contribution in [2.24, 2.45) is 0 Å². The summed E-state index contributed by atoms with van der Waals surface area (Å²) in [6.45, 7) is 2.48. The van der Waals surface area contributed by atoms with E-state index in [1.54, 1.807) is 42.5 Å². The molecule has 0 aromatic heterocycles. The van der Waals surface area contributed by atoms with Gasteiger partial charge >= 0.3 is 6.03 Å². The van der Waals surface area contributed by atoms with Crippen LogP contribution >= 0.6 is 11.6 Å². The van der Waals surface area contributed by atoms with Gasteiger partial charge in [0.25, 0.3) is 11.8 Å². The minimum atomic E-state index is -0.354. The van der Waals surface area contributed by atoms with Crippen LogP contribution in [0.4, 0.5) is 21.9 Å². The maximum atomic E-state index is 13.4. The predicted molar refractivity (Wildman–Crippen MR) is 193 cm³/mol. The highest BCUT2D eigenvalue weighted by Gasteiger charge is 2.29. The minimum absolute atomic E-state index is 0.181. The fourth-order valence-electron chi connectivity index (χ4n) is 5.51. The lowest BCUT2D eigenvalue weighted by atomic mass is 9.98. The summed E-state index contributed by atoms with van der Waals surface area (Å²) in [5, 5.41) is 15.7. The Morgan fingerprint density at radius 2 is 1.38 bits per heavy atom. The average Bonchev–Trinajstić information content (AvgIpc) is 3.43. The molecule has 9 heteroatoms. The number of carbonyl (C=O) groups excluding carboxylic acids is 3. The molecule has 1 heterocycles. The lowest BCUT2D eigenvalue weighted by Gasteiger charge is -2.16. The summed E-state index contributed by atoms with van der Waals surface area (Å²) in [7, 11) is 0. The molecule has 48 heavy (non-hydrogen) atoms. The second-order valence-electron chi connectivity index (χ2n) is 11.4. The molecule has 5 aromatic carbocycles. The van der Waals surface area contributed by atoms with Crippen molar-refractivity contribution in [2.75, 3.05) is 22.5 Å². The third-order valence-corrected chi connectivity index (χ3v) is 8.27. The molecule has 1 aliphatic rings. The van der Waals surface area contributed by atoms with Crippen molar-refractivity contribution in [3.63, 3.8) is 0 Å². The molecule has 0 radical (unpaired) electrons. The number of urea groups is 1. The van der Waals surface area contributed by atoms with Crippen molar-refractivity contribution in [1.29, 1.82) is 0 Å². The van der Waals surface area contributed by atoms with Gasteiger partial charge in [0.15, 0.2) is 0 Å². The predicted octanol–water partition coefficient (Wildman–Crippen LogP) is 8.13. The molecule has 4 amide bonds. The molecule has 5 N–H and O–H groups in total. The van der Waals surface area contributed by atoms with E-state index in [1.165, 1.54) is 0 Å². The highest BCUT2D eigenvalue weighted by Crippen LogP contribution is 2.37. The molecule has 0 bridgehead atoms. The summed E-state index contributed by atoms with van der Waals surface area (Å²) in [5.41, 5.74) is 7.15. The first-order chi connectivity index (χ1) is 23.3. The molecule has 0 fully saturated rings. The fourth-order valence-corrected chi connectivity index (χ4v) is 5.64. The van der Waals surface area contributed by atoms with Crippen molar-refractivity contribution >= 4 is 57.8 Å². The van der Waals surface area contributed by atoms with Gasteiger partial charge < -0.3 is 26.6 Å². The Morgan fingerprint density at radius 1 is 0.750 bits per heavy atom. The molecule has 0 saturated heterocycles. The Balaban J connectivity index is 1.16. The minimum Gasteiger partial charge on any atom is -0.384 e. The Bertz CT molecular complexity index is 1960. The molecule has 0 unspecified atom stereocenters. The molecular formula is C39H34ClN5O3. The Hall–Kier alpha value is -5.86. The van der Waals surface area contributed by atoms with Crippen LogP contribution in [0.1, 0.15) is 45.6 Å². The van der Waals surface area contributed by atoms with Crippen molar-refractivity contribution in [1.82, 2.24) is 10.6 Å². The van der Waals surface area contributed by atoms with E-state index in [0.29, 0.717) is 57.4 Å². The average molecular weight is 656 g/mol. The van der Waals surface area contributed by atoms with Gasteiger partial charge in [-0.3, -0.25) is 9.59 Å². The molecule has 0 aliphatic carbocycles. The van der Waals surface area contributed by atoms with Gasteiger partial charge in [-0.25, -0.2) is 4.79 Å². The normalized spacial score (nSPS) is 13.5. The van der Waals surface area contributed by atoms with Crippen LogP contribution < -0.4 is 26.6 Å². The van der Waals surface area contributed by atoms with Crippen molar-refractivity contribution < 1.29 is 14.4 Å². The summed E-state index contributed by atoms with van der Waals surface area (Å²) >= 11 is 5.92. The first-order valence-corrected chi connectivity index (χ1v) is 16.0. The van der Waals surface area contributed by atoms with Crippen LogP contribution in [0.15, 0.2) is 127 Å². The van der Waals surface area contributed by atoms with Gasteiger partial charge in [-0.1, -0.05) is 84.4 Å². The van der Waals surface area contributed by atoms with Crippen LogP contribution in [0, 0.1) is 0 Å². The maximum Gasteiger partial charge on any atom is 0.323 e. The van der Waals surface area contributed by atoms with E-state index in [9.17, 15) is 14.4 Å². The molecule has 5 aromatic rings. The number of carbonyl (C=O) groups is 3. The van der Waals surface area contributed by atoms with E-state index in [-0.39, 0.29) is 23.9 Å². The lowest BCUT2D eigenvalue weighted by Crippen LogP contribution is -2.26. The van der Waals surface area contributed by atoms with E-state index in [4.69, 9.17) is 11.6 Å². The smallest absolute Gasteiger partial charge is 0.323 e. The maximum absolute atomic E-state index is 13.4. The largest absolute Gasteiger partial charge is 0.384 e. The van der Waals surface area contributed by atoms with Crippen LogP contribution in [0.2, 0.25) is 5.02 Å². The van der Waals surface area contributed by atoms with Crippen LogP contribution in [-0.4, -0.2) is 24.4 Å². The van der Waals surface area contributed by atoms with Crippen molar-refractivity contribution in [2.45, 2.75) is 19.4 Å². The number of benzene rings is 5. The number of fused-ring (bicyclic) bond motifs is 1. The van der Waals surface area contributed by atoms with Gasteiger partial charge in [0, 0.05) is 39.8 Å². The Morgan fingerprint density at radius 3 is 2.04 bits per heavy atom. The summed E-state index contributed by atoms with van der Waals surface area (Å²) in [6, 6.07) is 38.7. The number of halogens is 1. The highest BCUT2D eigenvalue weighted by atomic mass is 35.5. The van der Waals surface area contributed by atoms with Crippen LogP contribution in [0.5, 0.6) is 0 Å².